The molecule has 1 fully saturated rings. The fraction of sp³-hybridized carbons (Fsp3) is 0.227. The van der Waals surface area contributed by atoms with Gasteiger partial charge in [-0.3, -0.25) is 4.79 Å². The zero-order valence-corrected chi connectivity index (χ0v) is 19.2. The first-order valence-corrected chi connectivity index (χ1v) is 13.1. The maximum atomic E-state index is 13.3. The molecule has 2 aromatic carbocycles. The van der Waals surface area contributed by atoms with E-state index < -0.39 is 32.0 Å². The minimum Gasteiger partial charge on any atom is -0.467 e. The Morgan fingerprint density at radius 1 is 0.848 bits per heavy atom. The molecule has 0 saturated carbocycles. The van der Waals surface area contributed by atoms with E-state index in [9.17, 15) is 21.6 Å². The second-order valence-electron chi connectivity index (χ2n) is 7.42. The maximum absolute atomic E-state index is 13.3. The van der Waals surface area contributed by atoms with Gasteiger partial charge >= 0.3 is 0 Å². The summed E-state index contributed by atoms with van der Waals surface area (Å²) in [5, 5.41) is 2.66. The predicted molar refractivity (Wildman–Crippen MR) is 120 cm³/mol. The van der Waals surface area contributed by atoms with Gasteiger partial charge in [-0.15, -0.1) is 0 Å². The number of piperazine rings is 1. The average molecular weight is 490 g/mol. The van der Waals surface area contributed by atoms with Gasteiger partial charge < -0.3 is 9.73 Å². The van der Waals surface area contributed by atoms with Crippen molar-refractivity contribution >= 4 is 26.0 Å². The fourth-order valence-electron chi connectivity index (χ4n) is 3.64. The van der Waals surface area contributed by atoms with Crippen molar-refractivity contribution in [2.75, 3.05) is 19.6 Å². The molecule has 2 heterocycles. The fourth-order valence-corrected chi connectivity index (χ4v) is 6.69. The van der Waals surface area contributed by atoms with Gasteiger partial charge in [-0.25, -0.2) is 16.8 Å². The quantitative estimate of drug-likeness (QED) is 0.540. The summed E-state index contributed by atoms with van der Waals surface area (Å²) in [5.41, 5.74) is 0. The number of benzene rings is 2. The van der Waals surface area contributed by atoms with Crippen molar-refractivity contribution in [2.45, 2.75) is 22.4 Å². The molecule has 174 valence electrons. The Balaban J connectivity index is 1.64. The van der Waals surface area contributed by atoms with E-state index in [0.717, 1.165) is 8.61 Å². The summed E-state index contributed by atoms with van der Waals surface area (Å²) in [4.78, 5) is 13.2. The van der Waals surface area contributed by atoms with E-state index in [1.54, 1.807) is 48.5 Å². The smallest absolute Gasteiger partial charge is 0.243 e. The lowest BCUT2D eigenvalue weighted by Gasteiger charge is -2.38. The number of nitrogens with one attached hydrogen (secondary N) is 1. The third-order valence-electron chi connectivity index (χ3n) is 5.34. The molecule has 1 atom stereocenters. The summed E-state index contributed by atoms with van der Waals surface area (Å²) < 4.78 is 60.3. The van der Waals surface area contributed by atoms with Crippen molar-refractivity contribution in [3.63, 3.8) is 0 Å². The van der Waals surface area contributed by atoms with Crippen LogP contribution in [0.5, 0.6) is 0 Å². The van der Waals surface area contributed by atoms with Crippen LogP contribution in [0.25, 0.3) is 0 Å². The highest BCUT2D eigenvalue weighted by Gasteiger charge is 2.43. The number of carbonyl (C=O) groups excluding carboxylic acids is 1. The molecule has 0 aliphatic carbocycles. The van der Waals surface area contributed by atoms with Gasteiger partial charge in [0.15, 0.2) is 0 Å². The molecule has 4 rings (SSSR count). The van der Waals surface area contributed by atoms with E-state index in [2.05, 4.69) is 5.32 Å². The van der Waals surface area contributed by atoms with Crippen LogP contribution in [0.4, 0.5) is 0 Å². The number of sulfonamides is 2. The van der Waals surface area contributed by atoms with Crippen molar-refractivity contribution in [3.8, 4) is 0 Å². The van der Waals surface area contributed by atoms with E-state index >= 15 is 0 Å². The van der Waals surface area contributed by atoms with Crippen molar-refractivity contribution in [3.05, 3.63) is 84.8 Å². The van der Waals surface area contributed by atoms with Crippen LogP contribution in [0.2, 0.25) is 0 Å². The molecular weight excluding hydrogens is 466 g/mol. The summed E-state index contributed by atoms with van der Waals surface area (Å²) in [7, 11) is -7.94. The number of furan rings is 1. The summed E-state index contributed by atoms with van der Waals surface area (Å²) >= 11 is 0. The minimum atomic E-state index is -4.03. The molecule has 3 aromatic rings. The number of nitrogens with zero attached hydrogens (tertiary/aromatic N) is 2. The average Bonchev–Trinajstić information content (AvgIpc) is 3.37. The highest BCUT2D eigenvalue weighted by Crippen LogP contribution is 2.25. The first-order chi connectivity index (χ1) is 15.8. The Kier molecular flexibility index (Phi) is 6.66. The molecule has 0 bridgehead atoms. The van der Waals surface area contributed by atoms with Crippen LogP contribution in [-0.4, -0.2) is 57.0 Å². The summed E-state index contributed by atoms with van der Waals surface area (Å²) in [6.07, 6.45) is 1.46. The van der Waals surface area contributed by atoms with Crippen LogP contribution in [0.3, 0.4) is 0 Å². The van der Waals surface area contributed by atoms with Gasteiger partial charge in [0.25, 0.3) is 0 Å². The van der Waals surface area contributed by atoms with Gasteiger partial charge in [0.2, 0.25) is 26.0 Å². The maximum Gasteiger partial charge on any atom is 0.243 e. The lowest BCUT2D eigenvalue weighted by molar-refractivity contribution is -0.126. The zero-order valence-electron chi connectivity index (χ0n) is 17.6. The van der Waals surface area contributed by atoms with Gasteiger partial charge in [0, 0.05) is 19.6 Å². The van der Waals surface area contributed by atoms with Gasteiger partial charge in [-0.2, -0.15) is 8.61 Å². The molecular formula is C22H23N3O6S2. The molecule has 11 heteroatoms. The third-order valence-corrected chi connectivity index (χ3v) is 9.15. The molecule has 1 amide bonds. The van der Waals surface area contributed by atoms with Crippen LogP contribution in [0.15, 0.2) is 93.3 Å². The summed E-state index contributed by atoms with van der Waals surface area (Å²) in [6, 6.07) is 17.7. The first kappa shape index (κ1) is 23.2. The van der Waals surface area contributed by atoms with Gasteiger partial charge in [-0.05, 0) is 36.4 Å². The number of hydrogen-bond donors (Lipinski definition) is 1. The van der Waals surface area contributed by atoms with Crippen molar-refractivity contribution in [1.29, 1.82) is 0 Å². The summed E-state index contributed by atoms with van der Waals surface area (Å²) in [5.74, 6) is -0.121. The normalized spacial score (nSPS) is 18.1. The second-order valence-corrected chi connectivity index (χ2v) is 11.2. The molecule has 1 aromatic heterocycles. The Hall–Kier alpha value is -2.99. The van der Waals surface area contributed by atoms with Gasteiger partial charge in [0.05, 0.1) is 22.6 Å². The monoisotopic (exact) mass is 489 g/mol. The van der Waals surface area contributed by atoms with E-state index in [1.807, 2.05) is 0 Å². The standard InChI is InChI=1S/C22H23N3O6S2/c26-22(23-16-18-8-7-15-31-18)21-17-24(32(27,28)19-9-3-1-4-10-19)13-14-25(21)33(29,30)20-11-5-2-6-12-20/h1-12,15,21H,13-14,16-17H2,(H,23,26)/t21-/m1/s1. The third kappa shape index (κ3) is 4.86. The van der Waals surface area contributed by atoms with Crippen LogP contribution in [0, 0.1) is 0 Å². The highest BCUT2D eigenvalue weighted by atomic mass is 32.2. The molecule has 9 nitrogen and oxygen atoms in total. The molecule has 1 aliphatic heterocycles. The number of carbonyl (C=O) groups is 1. The highest BCUT2D eigenvalue weighted by molar-refractivity contribution is 7.89. The minimum absolute atomic E-state index is 0.0354. The van der Waals surface area contributed by atoms with Crippen molar-refractivity contribution in [1.82, 2.24) is 13.9 Å². The van der Waals surface area contributed by atoms with Gasteiger partial charge in [0.1, 0.15) is 11.8 Å². The molecule has 0 unspecified atom stereocenters. The molecule has 1 aliphatic rings. The largest absolute Gasteiger partial charge is 0.467 e. The van der Waals surface area contributed by atoms with Crippen molar-refractivity contribution < 1.29 is 26.0 Å². The lowest BCUT2D eigenvalue weighted by Crippen LogP contribution is -2.61. The van der Waals surface area contributed by atoms with Crippen LogP contribution >= 0.6 is 0 Å². The molecule has 33 heavy (non-hydrogen) atoms. The molecule has 0 spiro atoms. The SMILES string of the molecule is O=C(NCc1ccco1)[C@H]1CN(S(=O)(=O)c2ccccc2)CCN1S(=O)(=O)c1ccccc1. The van der Waals surface area contributed by atoms with Crippen LogP contribution in [-0.2, 0) is 31.4 Å². The molecule has 0 radical (unpaired) electrons. The van der Waals surface area contributed by atoms with Gasteiger partial charge in [-0.1, -0.05) is 36.4 Å². The number of rotatable bonds is 7. The van der Waals surface area contributed by atoms with Crippen LogP contribution in [0.1, 0.15) is 5.76 Å². The number of hydrogen-bond acceptors (Lipinski definition) is 6. The topological polar surface area (TPSA) is 117 Å². The predicted octanol–water partition coefficient (Wildman–Crippen LogP) is 1.66. The second kappa shape index (κ2) is 9.48. The molecule has 1 saturated heterocycles. The van der Waals surface area contributed by atoms with E-state index in [1.165, 1.54) is 30.5 Å². The van der Waals surface area contributed by atoms with Crippen LogP contribution < -0.4 is 5.32 Å². The molecule has 1 N–H and O–H groups in total. The Bertz CT molecular complexity index is 1290. The number of amides is 1. The van der Waals surface area contributed by atoms with E-state index in [0.29, 0.717) is 5.76 Å². The van der Waals surface area contributed by atoms with Crippen molar-refractivity contribution in [2.24, 2.45) is 0 Å². The van der Waals surface area contributed by atoms with E-state index in [-0.39, 0.29) is 36.0 Å². The lowest BCUT2D eigenvalue weighted by atomic mass is 10.2. The zero-order chi connectivity index (χ0) is 23.5. The Labute approximate surface area is 192 Å². The Morgan fingerprint density at radius 2 is 1.45 bits per heavy atom. The summed E-state index contributed by atoms with van der Waals surface area (Å²) in [6.45, 7) is -0.506. The Morgan fingerprint density at radius 3 is 2.03 bits per heavy atom. The first-order valence-electron chi connectivity index (χ1n) is 10.2. The van der Waals surface area contributed by atoms with E-state index in [4.69, 9.17) is 4.42 Å².